The lowest BCUT2D eigenvalue weighted by molar-refractivity contribution is -0.136. The van der Waals surface area contributed by atoms with Gasteiger partial charge in [-0.2, -0.15) is 5.10 Å². The van der Waals surface area contributed by atoms with Gasteiger partial charge in [0, 0.05) is 10.2 Å². The van der Waals surface area contributed by atoms with Crippen molar-refractivity contribution in [3.05, 3.63) is 96.0 Å². The number of amides is 2. The van der Waals surface area contributed by atoms with Gasteiger partial charge >= 0.3 is 12.0 Å². The first-order valence-electron chi connectivity index (χ1n) is 13.7. The SMILES string of the molecule is CCOc1cc([C@H]2NC(=O)NC(C)=C2C(=O)OC)ccc1OC[C@H](O)N/N=C\c1cc(Br)c(OCc2ccc(Br)cc2)c(Br)c1. The number of nitrogens with one attached hydrogen (secondary N) is 3. The Kier molecular flexibility index (Phi) is 12.3. The summed E-state index contributed by atoms with van der Waals surface area (Å²) in [7, 11) is 1.28. The fourth-order valence-corrected chi connectivity index (χ4v) is 6.06. The van der Waals surface area contributed by atoms with Gasteiger partial charge in [-0.05, 0) is 98.8 Å². The molecule has 0 bridgehead atoms. The van der Waals surface area contributed by atoms with Crippen LogP contribution in [0.1, 0.15) is 36.6 Å². The number of carbonyl (C=O) groups excluding carboxylic acids is 2. The molecule has 1 aliphatic heterocycles. The number of rotatable bonds is 13. The molecule has 0 saturated heterocycles. The number of carbonyl (C=O) groups is 2. The predicted octanol–water partition coefficient (Wildman–Crippen LogP) is 6.07. The highest BCUT2D eigenvalue weighted by Crippen LogP contribution is 2.36. The number of urea groups is 1. The maximum atomic E-state index is 12.4. The quantitative estimate of drug-likeness (QED) is 0.0707. The third-order valence-electron chi connectivity index (χ3n) is 6.43. The Morgan fingerprint density at radius 3 is 2.42 bits per heavy atom. The first kappa shape index (κ1) is 34.3. The molecule has 14 heteroatoms. The second-order valence-corrected chi connectivity index (χ2v) is 12.3. The molecule has 0 fully saturated rings. The molecule has 0 spiro atoms. The third kappa shape index (κ3) is 9.22. The molecule has 1 heterocycles. The number of halogens is 3. The lowest BCUT2D eigenvalue weighted by atomic mass is 9.95. The second-order valence-electron chi connectivity index (χ2n) is 9.64. The monoisotopic (exact) mass is 808 g/mol. The van der Waals surface area contributed by atoms with E-state index in [1.807, 2.05) is 43.3 Å². The van der Waals surface area contributed by atoms with Crippen molar-refractivity contribution in [2.45, 2.75) is 32.7 Å². The summed E-state index contributed by atoms with van der Waals surface area (Å²) in [6.45, 7) is 4.03. The van der Waals surface area contributed by atoms with E-state index in [4.69, 9.17) is 18.9 Å². The molecular formula is C31H31Br3N4O7. The van der Waals surface area contributed by atoms with Gasteiger partial charge < -0.3 is 34.7 Å². The van der Waals surface area contributed by atoms with Crippen molar-refractivity contribution in [1.82, 2.24) is 16.1 Å². The van der Waals surface area contributed by atoms with Crippen LogP contribution in [0.5, 0.6) is 17.2 Å². The molecule has 0 saturated carbocycles. The van der Waals surface area contributed by atoms with Crippen molar-refractivity contribution < 1.29 is 33.6 Å². The summed E-state index contributed by atoms with van der Waals surface area (Å²) in [5.74, 6) is 0.816. The minimum Gasteiger partial charge on any atom is -0.490 e. The second kappa shape index (κ2) is 16.1. The number of hydrazone groups is 1. The van der Waals surface area contributed by atoms with Crippen LogP contribution in [0.3, 0.4) is 0 Å². The summed E-state index contributed by atoms with van der Waals surface area (Å²) < 4.78 is 24.9. The molecule has 0 aromatic heterocycles. The molecule has 1 aliphatic rings. The number of aliphatic hydroxyl groups is 1. The normalized spacial score (nSPS) is 15.3. The van der Waals surface area contributed by atoms with Crippen molar-refractivity contribution in [2.75, 3.05) is 20.3 Å². The van der Waals surface area contributed by atoms with Crippen LogP contribution in [0.25, 0.3) is 0 Å². The smallest absolute Gasteiger partial charge is 0.337 e. The lowest BCUT2D eigenvalue weighted by Gasteiger charge is -2.28. The van der Waals surface area contributed by atoms with Gasteiger partial charge in [0.1, 0.15) is 19.0 Å². The lowest BCUT2D eigenvalue weighted by Crippen LogP contribution is -2.45. The zero-order valence-corrected chi connectivity index (χ0v) is 29.3. The molecule has 0 radical (unpaired) electrons. The molecule has 4 rings (SSSR count). The van der Waals surface area contributed by atoms with E-state index in [0.29, 0.717) is 41.7 Å². The Morgan fingerprint density at radius 1 is 1.04 bits per heavy atom. The van der Waals surface area contributed by atoms with Gasteiger partial charge in [-0.25, -0.2) is 9.59 Å². The van der Waals surface area contributed by atoms with Gasteiger partial charge in [-0.1, -0.05) is 34.1 Å². The van der Waals surface area contributed by atoms with Gasteiger partial charge in [0.25, 0.3) is 0 Å². The Hall–Kier alpha value is -3.59. The van der Waals surface area contributed by atoms with E-state index in [0.717, 1.165) is 24.5 Å². The summed E-state index contributed by atoms with van der Waals surface area (Å²) in [4.78, 5) is 24.6. The predicted molar refractivity (Wildman–Crippen MR) is 179 cm³/mol. The summed E-state index contributed by atoms with van der Waals surface area (Å²) >= 11 is 10.5. The van der Waals surface area contributed by atoms with Crippen molar-refractivity contribution in [1.29, 1.82) is 0 Å². The summed E-state index contributed by atoms with van der Waals surface area (Å²) in [5.41, 5.74) is 5.67. The van der Waals surface area contributed by atoms with Gasteiger partial charge in [0.2, 0.25) is 0 Å². The van der Waals surface area contributed by atoms with Gasteiger partial charge in [-0.3, -0.25) is 5.43 Å². The average molecular weight is 811 g/mol. The van der Waals surface area contributed by atoms with E-state index >= 15 is 0 Å². The summed E-state index contributed by atoms with van der Waals surface area (Å²) in [6, 6.07) is 15.4. The molecule has 3 aromatic rings. The molecule has 238 valence electrons. The maximum Gasteiger partial charge on any atom is 0.337 e. The number of ether oxygens (including phenoxy) is 4. The topological polar surface area (TPSA) is 140 Å². The molecule has 0 aliphatic carbocycles. The molecule has 11 nitrogen and oxygen atoms in total. The highest BCUT2D eigenvalue weighted by Gasteiger charge is 2.32. The van der Waals surface area contributed by atoms with Crippen LogP contribution in [0.4, 0.5) is 4.79 Å². The van der Waals surface area contributed by atoms with Crippen molar-refractivity contribution in [3.63, 3.8) is 0 Å². The molecule has 2 amide bonds. The minimum absolute atomic E-state index is 0.149. The molecular weight excluding hydrogens is 780 g/mol. The number of hydrogen-bond acceptors (Lipinski definition) is 9. The van der Waals surface area contributed by atoms with Crippen LogP contribution >= 0.6 is 47.8 Å². The number of benzene rings is 3. The van der Waals surface area contributed by atoms with Crippen molar-refractivity contribution in [3.8, 4) is 17.2 Å². The largest absolute Gasteiger partial charge is 0.490 e. The highest BCUT2D eigenvalue weighted by atomic mass is 79.9. The van der Waals surface area contributed by atoms with Crippen LogP contribution in [0, 0.1) is 0 Å². The third-order valence-corrected chi connectivity index (χ3v) is 8.13. The average Bonchev–Trinajstić information content (AvgIpc) is 3.00. The Morgan fingerprint density at radius 2 is 1.76 bits per heavy atom. The Labute approximate surface area is 285 Å². The first-order chi connectivity index (χ1) is 21.6. The number of hydrogen-bond donors (Lipinski definition) is 4. The van der Waals surface area contributed by atoms with Crippen LogP contribution < -0.4 is 30.3 Å². The Balaban J connectivity index is 1.37. The van der Waals surface area contributed by atoms with E-state index in [2.05, 4.69) is 69.0 Å². The number of methoxy groups -OCH3 is 1. The van der Waals surface area contributed by atoms with E-state index < -0.39 is 24.3 Å². The minimum atomic E-state index is -1.14. The fraction of sp³-hybridized carbons (Fsp3) is 0.258. The summed E-state index contributed by atoms with van der Waals surface area (Å²) in [5, 5.41) is 19.9. The molecule has 45 heavy (non-hydrogen) atoms. The molecule has 0 unspecified atom stereocenters. The van der Waals surface area contributed by atoms with Crippen LogP contribution in [0.15, 0.2) is 84.4 Å². The zero-order chi connectivity index (χ0) is 32.5. The van der Waals surface area contributed by atoms with Crippen LogP contribution in [0.2, 0.25) is 0 Å². The van der Waals surface area contributed by atoms with E-state index in [1.54, 1.807) is 31.3 Å². The van der Waals surface area contributed by atoms with E-state index in [-0.39, 0.29) is 12.2 Å². The van der Waals surface area contributed by atoms with Gasteiger partial charge in [0.05, 0.1) is 40.5 Å². The zero-order valence-electron chi connectivity index (χ0n) is 24.5. The number of aliphatic hydroxyl groups excluding tert-OH is 1. The number of nitrogens with zero attached hydrogens (tertiary/aromatic N) is 1. The van der Waals surface area contributed by atoms with Crippen LogP contribution in [-0.4, -0.2) is 49.9 Å². The number of esters is 1. The molecule has 3 aromatic carbocycles. The standard InChI is InChI=1S/C31H31Br3N4O7/c1-4-43-25-13-20(28-27(30(40)42-3)17(2)36-31(41)37-28)7-10-24(25)44-16-26(39)38-35-14-19-11-22(33)29(23(34)12-19)45-15-18-5-8-21(32)9-6-18/h5-14,26,28,38-39H,4,15-16H2,1-3H3,(H2,36,37,41)/b35-14-/t26-,28+/m0/s1. The van der Waals surface area contributed by atoms with Gasteiger partial charge in [-0.15, -0.1) is 0 Å². The highest BCUT2D eigenvalue weighted by molar-refractivity contribution is 9.11. The van der Waals surface area contributed by atoms with E-state index in [9.17, 15) is 14.7 Å². The van der Waals surface area contributed by atoms with Crippen LogP contribution in [-0.2, 0) is 16.1 Å². The van der Waals surface area contributed by atoms with E-state index in [1.165, 1.54) is 7.11 Å². The maximum absolute atomic E-state index is 12.4. The molecule has 4 N–H and O–H groups in total. The molecule has 2 atom stereocenters. The first-order valence-corrected chi connectivity index (χ1v) is 16.1. The fourth-order valence-electron chi connectivity index (χ4n) is 4.35. The van der Waals surface area contributed by atoms with Gasteiger partial charge in [0.15, 0.2) is 17.7 Å². The van der Waals surface area contributed by atoms with Crippen molar-refractivity contribution in [2.24, 2.45) is 5.10 Å². The number of allylic oxidation sites excluding steroid dienone is 1. The van der Waals surface area contributed by atoms with Crippen molar-refractivity contribution >= 4 is 66.0 Å². The Bertz CT molecular complexity index is 1580. The summed E-state index contributed by atoms with van der Waals surface area (Å²) in [6.07, 6.45) is 0.412.